The number of aryl methyl sites for hydroxylation is 3. The van der Waals surface area contributed by atoms with Crippen molar-refractivity contribution in [3.8, 4) is 5.13 Å². The number of anilines is 1. The molecular weight excluding hydrogens is 308 g/mol. The van der Waals surface area contributed by atoms with E-state index < -0.39 is 0 Å². The van der Waals surface area contributed by atoms with Crippen LogP contribution in [0.2, 0.25) is 0 Å². The van der Waals surface area contributed by atoms with Crippen LogP contribution in [0, 0.1) is 26.7 Å². The first-order valence-corrected chi connectivity index (χ1v) is 8.58. The van der Waals surface area contributed by atoms with Crippen LogP contribution in [0.15, 0.2) is 18.2 Å². The first-order valence-electron chi connectivity index (χ1n) is 7.77. The Morgan fingerprint density at radius 3 is 2.78 bits per heavy atom. The lowest BCUT2D eigenvalue weighted by molar-refractivity contribution is -0.117. The van der Waals surface area contributed by atoms with Crippen molar-refractivity contribution in [1.82, 2.24) is 14.8 Å². The molecule has 4 rings (SSSR count). The molecule has 118 valence electrons. The maximum atomic E-state index is 12.1. The molecule has 1 aromatic carbocycles. The van der Waals surface area contributed by atoms with Gasteiger partial charge in [-0.25, -0.2) is 4.98 Å². The number of fused-ring (bicyclic) bond motifs is 1. The molecule has 1 aliphatic rings. The molecule has 1 amide bonds. The minimum Gasteiger partial charge on any atom is -0.310 e. The van der Waals surface area contributed by atoms with Crippen LogP contribution < -0.4 is 5.32 Å². The zero-order valence-corrected chi connectivity index (χ0v) is 14.2. The van der Waals surface area contributed by atoms with Crippen LogP contribution >= 0.6 is 11.3 Å². The zero-order valence-electron chi connectivity index (χ0n) is 13.4. The maximum Gasteiger partial charge on any atom is 0.228 e. The molecule has 0 spiro atoms. The normalized spacial score (nSPS) is 14.4. The van der Waals surface area contributed by atoms with Crippen LogP contribution in [-0.4, -0.2) is 20.7 Å². The van der Waals surface area contributed by atoms with Gasteiger partial charge in [0.1, 0.15) is 5.82 Å². The monoisotopic (exact) mass is 326 g/mol. The highest BCUT2D eigenvalue weighted by Gasteiger charge is 2.30. The molecule has 1 aliphatic carbocycles. The van der Waals surface area contributed by atoms with Crippen molar-refractivity contribution in [2.24, 2.45) is 5.92 Å². The number of hydrogen-bond acceptors (Lipinski definition) is 4. The first-order chi connectivity index (χ1) is 11.0. The van der Waals surface area contributed by atoms with Gasteiger partial charge in [-0.1, -0.05) is 17.4 Å². The van der Waals surface area contributed by atoms with E-state index >= 15 is 0 Å². The number of hydrogen-bond donors (Lipinski definition) is 1. The van der Waals surface area contributed by atoms with Crippen LogP contribution in [0.5, 0.6) is 0 Å². The van der Waals surface area contributed by atoms with Crippen molar-refractivity contribution < 1.29 is 4.79 Å². The molecule has 1 N–H and O–H groups in total. The second kappa shape index (κ2) is 5.16. The third kappa shape index (κ3) is 2.63. The molecule has 1 saturated carbocycles. The summed E-state index contributed by atoms with van der Waals surface area (Å²) < 4.78 is 2.89. The smallest absolute Gasteiger partial charge is 0.228 e. The standard InChI is InChI=1S/C17H18N4OS/c1-9-6-10(2)15-13(7-9)23-17(19-15)21-14(8-11(3)20-21)18-16(22)12-4-5-12/h6-8,12H,4-5H2,1-3H3,(H,18,22). The largest absolute Gasteiger partial charge is 0.310 e. The van der Waals surface area contributed by atoms with Crippen LogP contribution in [0.25, 0.3) is 15.3 Å². The predicted molar refractivity (Wildman–Crippen MR) is 92.3 cm³/mol. The fourth-order valence-corrected chi connectivity index (χ4v) is 3.87. The number of aromatic nitrogens is 3. The Morgan fingerprint density at radius 2 is 2.04 bits per heavy atom. The lowest BCUT2D eigenvalue weighted by Crippen LogP contribution is -2.16. The Bertz CT molecular complexity index is 920. The maximum absolute atomic E-state index is 12.1. The Labute approximate surface area is 138 Å². The number of nitrogens with one attached hydrogen (secondary N) is 1. The minimum atomic E-state index is 0.0827. The minimum absolute atomic E-state index is 0.0827. The van der Waals surface area contributed by atoms with Gasteiger partial charge in [0.05, 0.1) is 15.9 Å². The van der Waals surface area contributed by atoms with Gasteiger partial charge < -0.3 is 5.32 Å². The van der Waals surface area contributed by atoms with Gasteiger partial charge in [0.15, 0.2) is 0 Å². The van der Waals surface area contributed by atoms with E-state index in [0.29, 0.717) is 5.82 Å². The van der Waals surface area contributed by atoms with Gasteiger partial charge in [0.2, 0.25) is 11.0 Å². The first kappa shape index (κ1) is 14.4. The number of thiazole rings is 1. The fraction of sp³-hybridized carbons (Fsp3) is 0.353. The summed E-state index contributed by atoms with van der Waals surface area (Å²) in [6.45, 7) is 6.08. The lowest BCUT2D eigenvalue weighted by atomic mass is 10.1. The van der Waals surface area contributed by atoms with Crippen molar-refractivity contribution in [2.45, 2.75) is 33.6 Å². The molecule has 3 aromatic rings. The molecular formula is C17H18N4OS. The van der Waals surface area contributed by atoms with Crippen LogP contribution in [0.3, 0.4) is 0 Å². The van der Waals surface area contributed by atoms with Gasteiger partial charge in [-0.2, -0.15) is 9.78 Å². The van der Waals surface area contributed by atoms with Crippen molar-refractivity contribution in [1.29, 1.82) is 0 Å². The Hall–Kier alpha value is -2.21. The number of carbonyl (C=O) groups is 1. The Morgan fingerprint density at radius 1 is 1.26 bits per heavy atom. The third-order valence-electron chi connectivity index (χ3n) is 4.03. The van der Waals surface area contributed by atoms with Crippen molar-refractivity contribution >= 4 is 33.3 Å². The van der Waals surface area contributed by atoms with Gasteiger partial charge >= 0.3 is 0 Å². The SMILES string of the molecule is Cc1cc(C)c2nc(-n3nc(C)cc3NC(=O)C3CC3)sc2c1. The van der Waals surface area contributed by atoms with Crippen LogP contribution in [-0.2, 0) is 4.79 Å². The molecule has 1 fully saturated rings. The highest BCUT2D eigenvalue weighted by Crippen LogP contribution is 2.32. The molecule has 0 aliphatic heterocycles. The van der Waals surface area contributed by atoms with E-state index in [1.165, 1.54) is 5.56 Å². The van der Waals surface area contributed by atoms with E-state index in [1.807, 2.05) is 13.0 Å². The van der Waals surface area contributed by atoms with E-state index in [1.54, 1.807) is 16.0 Å². The highest BCUT2D eigenvalue weighted by atomic mass is 32.1. The predicted octanol–water partition coefficient (Wildman–Crippen LogP) is 3.76. The van der Waals surface area contributed by atoms with Gasteiger partial charge in [0, 0.05) is 12.0 Å². The summed E-state index contributed by atoms with van der Waals surface area (Å²) in [5.41, 5.74) is 4.26. The van der Waals surface area contributed by atoms with E-state index in [2.05, 4.69) is 36.4 Å². The molecule has 2 heterocycles. The average Bonchev–Trinajstić information content (AvgIpc) is 3.15. The van der Waals surface area contributed by atoms with Crippen molar-refractivity contribution in [3.63, 3.8) is 0 Å². The number of rotatable bonds is 3. The van der Waals surface area contributed by atoms with Gasteiger partial charge in [-0.3, -0.25) is 4.79 Å². The second-order valence-corrected chi connectivity index (χ2v) is 7.28. The number of amides is 1. The summed E-state index contributed by atoms with van der Waals surface area (Å²) in [5, 5.41) is 8.29. The molecule has 2 aromatic heterocycles. The zero-order chi connectivity index (χ0) is 16.1. The molecule has 23 heavy (non-hydrogen) atoms. The molecule has 5 nitrogen and oxygen atoms in total. The molecule has 0 unspecified atom stereocenters. The Kier molecular flexibility index (Phi) is 3.23. The summed E-state index contributed by atoms with van der Waals surface area (Å²) in [7, 11) is 0. The van der Waals surface area contributed by atoms with E-state index in [0.717, 1.165) is 39.4 Å². The average molecular weight is 326 g/mol. The van der Waals surface area contributed by atoms with Gasteiger partial charge in [0.25, 0.3) is 0 Å². The Balaban J connectivity index is 1.78. The summed E-state index contributed by atoms with van der Waals surface area (Å²) in [6, 6.07) is 6.17. The van der Waals surface area contributed by atoms with Crippen LogP contribution in [0.4, 0.5) is 5.82 Å². The fourth-order valence-electron chi connectivity index (χ4n) is 2.76. The summed E-state index contributed by atoms with van der Waals surface area (Å²) >= 11 is 1.60. The highest BCUT2D eigenvalue weighted by molar-refractivity contribution is 7.20. The summed E-state index contributed by atoms with van der Waals surface area (Å²) in [4.78, 5) is 16.8. The van der Waals surface area contributed by atoms with E-state index in [9.17, 15) is 4.79 Å². The van der Waals surface area contributed by atoms with E-state index in [4.69, 9.17) is 4.98 Å². The molecule has 0 saturated heterocycles. The van der Waals surface area contributed by atoms with Crippen LogP contribution in [0.1, 0.15) is 29.7 Å². The quantitative estimate of drug-likeness (QED) is 0.797. The molecule has 0 atom stereocenters. The molecule has 6 heteroatoms. The van der Waals surface area contributed by atoms with Gasteiger partial charge in [-0.15, -0.1) is 0 Å². The molecule has 0 radical (unpaired) electrons. The summed E-state index contributed by atoms with van der Waals surface area (Å²) in [5.74, 6) is 0.950. The van der Waals surface area contributed by atoms with Crippen molar-refractivity contribution in [3.05, 3.63) is 35.0 Å². The number of carbonyl (C=O) groups excluding carboxylic acids is 1. The van der Waals surface area contributed by atoms with E-state index in [-0.39, 0.29) is 11.8 Å². The topological polar surface area (TPSA) is 59.8 Å². The summed E-state index contributed by atoms with van der Waals surface area (Å²) in [6.07, 6.45) is 1.97. The molecule has 0 bridgehead atoms. The second-order valence-electron chi connectivity index (χ2n) is 6.27. The van der Waals surface area contributed by atoms with Crippen molar-refractivity contribution in [2.75, 3.05) is 5.32 Å². The number of nitrogens with zero attached hydrogens (tertiary/aromatic N) is 3. The van der Waals surface area contributed by atoms with Gasteiger partial charge in [-0.05, 0) is 50.8 Å². The number of benzene rings is 1. The third-order valence-corrected chi connectivity index (χ3v) is 5.01. The lowest BCUT2D eigenvalue weighted by Gasteiger charge is -2.05.